The van der Waals surface area contributed by atoms with Gasteiger partial charge in [-0.2, -0.15) is 0 Å². The molecule has 2 fully saturated rings. The van der Waals surface area contributed by atoms with E-state index in [1.54, 1.807) is 13.4 Å². The number of nitrogens with one attached hydrogen (secondary N) is 1. The van der Waals surface area contributed by atoms with Crippen LogP contribution in [-0.4, -0.2) is 71.6 Å². The van der Waals surface area contributed by atoms with Crippen LogP contribution in [-0.2, 0) is 10.3 Å². The van der Waals surface area contributed by atoms with Crippen LogP contribution in [0.1, 0.15) is 26.2 Å². The molecule has 0 spiro atoms. The van der Waals surface area contributed by atoms with Crippen molar-refractivity contribution < 1.29 is 4.79 Å². The maximum Gasteiger partial charge on any atom is 0.226 e. The minimum Gasteiger partial charge on any atom is -0.359 e. The van der Waals surface area contributed by atoms with Gasteiger partial charge in [-0.1, -0.05) is 11.6 Å². The lowest BCUT2D eigenvalue weighted by atomic mass is 9.84. The van der Waals surface area contributed by atoms with Gasteiger partial charge in [0.1, 0.15) is 6.33 Å². The highest BCUT2D eigenvalue weighted by atomic mass is 16.2. The van der Waals surface area contributed by atoms with Gasteiger partial charge in [0.2, 0.25) is 5.91 Å². The fourth-order valence-electron chi connectivity index (χ4n) is 5.89. The van der Waals surface area contributed by atoms with Crippen LogP contribution >= 0.6 is 0 Å². The number of nitrogens with zero attached hydrogens (tertiary/aromatic N) is 6. The zero-order valence-electron chi connectivity index (χ0n) is 18.5. The molecule has 0 aliphatic heterocycles. The monoisotopic (exact) mass is 409 g/mol. The van der Waals surface area contributed by atoms with E-state index in [2.05, 4.69) is 63.8 Å². The quantitative estimate of drug-likeness (QED) is 0.701. The molecule has 0 aromatic carbocycles. The van der Waals surface area contributed by atoms with Crippen LogP contribution in [0.25, 0.3) is 11.2 Å². The highest BCUT2D eigenvalue weighted by molar-refractivity contribution is 5.89. The summed E-state index contributed by atoms with van der Waals surface area (Å²) >= 11 is 0. The van der Waals surface area contributed by atoms with E-state index >= 15 is 0 Å². The molecule has 2 heterocycles. The number of rotatable bonds is 7. The summed E-state index contributed by atoms with van der Waals surface area (Å²) in [6, 6.07) is 0. The standard InChI is InChI=1S/C22H31N7O/c1-14-9-15-10-21(15,20(30)23-2)16-11-22(14,16)29-13-26-17-18(24-12-25-19(17)29)28(5)8-6-7-27(3)4/h9,12-13,15-16H,6-8,10-11H2,1-5H3,(H,23,30). The number of hydrogen-bond donors (Lipinski definition) is 1. The molecule has 5 rings (SSSR count). The Bertz CT molecular complexity index is 1040. The minimum absolute atomic E-state index is 0.177. The summed E-state index contributed by atoms with van der Waals surface area (Å²) in [5, 5.41) is 2.91. The third kappa shape index (κ3) is 2.49. The first-order valence-electron chi connectivity index (χ1n) is 10.8. The summed E-state index contributed by atoms with van der Waals surface area (Å²) < 4.78 is 2.22. The number of amides is 1. The van der Waals surface area contributed by atoms with Crippen molar-refractivity contribution in [3.63, 3.8) is 0 Å². The first kappa shape index (κ1) is 19.5. The molecule has 2 aromatic heterocycles. The Kier molecular flexibility index (Phi) is 4.23. The number of aromatic nitrogens is 4. The second kappa shape index (κ2) is 6.51. The fourth-order valence-corrected chi connectivity index (χ4v) is 5.89. The van der Waals surface area contributed by atoms with Crippen LogP contribution in [0.3, 0.4) is 0 Å². The van der Waals surface area contributed by atoms with Gasteiger partial charge < -0.3 is 19.7 Å². The summed E-state index contributed by atoms with van der Waals surface area (Å²) in [5.74, 6) is 1.74. The summed E-state index contributed by atoms with van der Waals surface area (Å²) in [6.45, 7) is 4.14. The third-order valence-corrected chi connectivity index (χ3v) is 7.60. The molecular weight excluding hydrogens is 378 g/mol. The molecule has 0 bridgehead atoms. The van der Waals surface area contributed by atoms with Crippen LogP contribution < -0.4 is 10.2 Å². The normalized spacial score (nSPS) is 31.2. The van der Waals surface area contributed by atoms with Gasteiger partial charge in [-0.05, 0) is 52.7 Å². The first-order chi connectivity index (χ1) is 14.4. The van der Waals surface area contributed by atoms with Crippen LogP contribution in [0.15, 0.2) is 24.3 Å². The Balaban J connectivity index is 1.49. The van der Waals surface area contributed by atoms with Gasteiger partial charge in [0.05, 0.1) is 17.3 Å². The highest BCUT2D eigenvalue weighted by Crippen LogP contribution is 2.77. The highest BCUT2D eigenvalue weighted by Gasteiger charge is 2.78. The number of anilines is 1. The van der Waals surface area contributed by atoms with Gasteiger partial charge in [-0.25, -0.2) is 15.0 Å². The Morgan fingerprint density at radius 1 is 1.23 bits per heavy atom. The van der Waals surface area contributed by atoms with E-state index < -0.39 is 0 Å². The molecule has 2 saturated carbocycles. The average Bonchev–Trinajstić information content (AvgIpc) is 3.60. The van der Waals surface area contributed by atoms with Gasteiger partial charge in [0, 0.05) is 26.6 Å². The molecule has 4 unspecified atom stereocenters. The van der Waals surface area contributed by atoms with Gasteiger partial charge in [0.25, 0.3) is 0 Å². The number of imidazole rings is 1. The van der Waals surface area contributed by atoms with E-state index in [1.165, 1.54) is 5.57 Å². The molecule has 3 aliphatic rings. The molecular formula is C22H31N7O. The van der Waals surface area contributed by atoms with Gasteiger partial charge >= 0.3 is 0 Å². The smallest absolute Gasteiger partial charge is 0.226 e. The maximum absolute atomic E-state index is 12.7. The van der Waals surface area contributed by atoms with Gasteiger partial charge in [-0.3, -0.25) is 4.79 Å². The molecule has 160 valence electrons. The molecule has 8 nitrogen and oxygen atoms in total. The summed E-state index contributed by atoms with van der Waals surface area (Å²) in [6.07, 6.45) is 8.86. The molecule has 2 aromatic rings. The van der Waals surface area contributed by atoms with E-state index in [9.17, 15) is 4.79 Å². The Morgan fingerprint density at radius 2 is 2.03 bits per heavy atom. The van der Waals surface area contributed by atoms with Crippen molar-refractivity contribution >= 4 is 22.9 Å². The van der Waals surface area contributed by atoms with Crippen molar-refractivity contribution in [3.8, 4) is 0 Å². The lowest BCUT2D eigenvalue weighted by Gasteiger charge is -2.28. The van der Waals surface area contributed by atoms with Crippen molar-refractivity contribution in [3.05, 3.63) is 24.3 Å². The lowest BCUT2D eigenvalue weighted by Crippen LogP contribution is -2.37. The summed E-state index contributed by atoms with van der Waals surface area (Å²) in [7, 11) is 7.99. The first-order valence-corrected chi connectivity index (χ1v) is 10.8. The molecule has 30 heavy (non-hydrogen) atoms. The number of carbonyl (C=O) groups is 1. The van der Waals surface area contributed by atoms with Gasteiger partial charge in [-0.15, -0.1) is 0 Å². The van der Waals surface area contributed by atoms with E-state index in [-0.39, 0.29) is 16.9 Å². The number of fused-ring (bicyclic) bond motifs is 4. The largest absolute Gasteiger partial charge is 0.359 e. The van der Waals surface area contributed by atoms with Crippen LogP contribution in [0.2, 0.25) is 0 Å². The van der Waals surface area contributed by atoms with Gasteiger partial charge in [0.15, 0.2) is 17.0 Å². The number of allylic oxidation sites excluding steroid dienone is 2. The van der Waals surface area contributed by atoms with Crippen LogP contribution in [0.4, 0.5) is 5.82 Å². The topological polar surface area (TPSA) is 79.2 Å². The van der Waals surface area contributed by atoms with E-state index in [4.69, 9.17) is 4.98 Å². The van der Waals surface area contributed by atoms with Crippen LogP contribution in [0.5, 0.6) is 0 Å². The van der Waals surface area contributed by atoms with Crippen molar-refractivity contribution in [2.45, 2.75) is 31.7 Å². The summed E-state index contributed by atoms with van der Waals surface area (Å²) in [5.41, 5.74) is 2.62. The minimum atomic E-state index is -0.246. The van der Waals surface area contributed by atoms with Crippen molar-refractivity contribution in [2.24, 2.45) is 17.3 Å². The molecule has 3 aliphatic carbocycles. The van der Waals surface area contributed by atoms with E-state index in [0.717, 1.165) is 49.3 Å². The van der Waals surface area contributed by atoms with Crippen LogP contribution in [0, 0.1) is 17.3 Å². The molecule has 1 N–H and O–H groups in total. The zero-order valence-corrected chi connectivity index (χ0v) is 18.5. The second-order valence-electron chi connectivity index (χ2n) is 9.52. The Labute approximate surface area is 177 Å². The molecule has 0 radical (unpaired) electrons. The predicted octanol–water partition coefficient (Wildman–Crippen LogP) is 1.64. The average molecular weight is 410 g/mol. The second-order valence-corrected chi connectivity index (χ2v) is 9.52. The molecule has 8 heteroatoms. The van der Waals surface area contributed by atoms with Crippen molar-refractivity contribution in [1.82, 2.24) is 29.7 Å². The SMILES string of the molecule is CNC(=O)C12CC1C=C(C)C1(n3cnc4c(N(C)CCCN(C)C)ncnc43)CC21. The zero-order chi connectivity index (χ0) is 21.3. The number of hydrogen-bond acceptors (Lipinski definition) is 6. The van der Waals surface area contributed by atoms with Crippen molar-refractivity contribution in [1.29, 1.82) is 0 Å². The number of carbonyl (C=O) groups excluding carboxylic acids is 1. The summed E-state index contributed by atoms with van der Waals surface area (Å²) in [4.78, 5) is 31.0. The fraction of sp³-hybridized carbons (Fsp3) is 0.636. The molecule has 4 atom stereocenters. The molecule has 1 amide bonds. The maximum atomic E-state index is 12.7. The van der Waals surface area contributed by atoms with E-state index in [0.29, 0.717) is 11.8 Å². The lowest BCUT2D eigenvalue weighted by molar-refractivity contribution is -0.127. The third-order valence-electron chi connectivity index (χ3n) is 7.60. The predicted molar refractivity (Wildman–Crippen MR) is 116 cm³/mol. The molecule has 0 saturated heterocycles. The Morgan fingerprint density at radius 3 is 2.77 bits per heavy atom. The Hall–Kier alpha value is -2.48. The van der Waals surface area contributed by atoms with E-state index in [1.807, 2.05) is 6.33 Å². The van der Waals surface area contributed by atoms with Crippen molar-refractivity contribution in [2.75, 3.05) is 46.2 Å².